The van der Waals surface area contributed by atoms with Crippen LogP contribution in [0.5, 0.6) is 0 Å². The summed E-state index contributed by atoms with van der Waals surface area (Å²) in [4.78, 5) is 11.8. The molecule has 1 aromatic rings. The second-order valence-corrected chi connectivity index (χ2v) is 3.93. The van der Waals surface area contributed by atoms with Gasteiger partial charge in [0.2, 0.25) is 0 Å². The van der Waals surface area contributed by atoms with E-state index >= 15 is 0 Å². The molecule has 1 saturated heterocycles. The maximum Gasteiger partial charge on any atom is 0.253 e. The zero-order valence-corrected chi connectivity index (χ0v) is 10.3. The van der Waals surface area contributed by atoms with Crippen molar-refractivity contribution >= 4 is 24.0 Å². The molecule has 1 unspecified atom stereocenters. The molecule has 1 aliphatic heterocycles. The number of ether oxygens (including phenoxy) is 1. The molecule has 0 saturated carbocycles. The monoisotopic (exact) mass is 256 g/mol. The highest BCUT2D eigenvalue weighted by Crippen LogP contribution is 2.12. The average Bonchev–Trinajstić information content (AvgIpc) is 2.79. The van der Waals surface area contributed by atoms with Gasteiger partial charge in [0.1, 0.15) is 0 Å². The summed E-state index contributed by atoms with van der Waals surface area (Å²) in [5, 5.41) is 2.84. The van der Waals surface area contributed by atoms with E-state index in [9.17, 15) is 4.79 Å². The Kier molecular flexibility index (Phi) is 5.25. The molecule has 4 nitrogen and oxygen atoms in total. The summed E-state index contributed by atoms with van der Waals surface area (Å²) in [6, 6.07) is 7.06. The molecule has 1 fully saturated rings. The van der Waals surface area contributed by atoms with Crippen LogP contribution in [-0.2, 0) is 4.74 Å². The number of hydrogen-bond donors (Lipinski definition) is 2. The van der Waals surface area contributed by atoms with Gasteiger partial charge in [0.05, 0.1) is 11.7 Å². The maximum atomic E-state index is 11.8. The quantitative estimate of drug-likeness (QED) is 0.808. The highest BCUT2D eigenvalue weighted by atomic mass is 35.5. The van der Waals surface area contributed by atoms with Gasteiger partial charge in [0, 0.05) is 18.8 Å². The Hall–Kier alpha value is -1.26. The van der Waals surface area contributed by atoms with Gasteiger partial charge in [0.15, 0.2) is 0 Å². The molecule has 3 N–H and O–H groups in total. The van der Waals surface area contributed by atoms with Crippen molar-refractivity contribution in [1.82, 2.24) is 5.32 Å². The molecule has 5 heteroatoms. The van der Waals surface area contributed by atoms with E-state index in [4.69, 9.17) is 10.5 Å². The summed E-state index contributed by atoms with van der Waals surface area (Å²) in [5.74, 6) is -0.131. The van der Waals surface area contributed by atoms with Crippen LogP contribution in [0.25, 0.3) is 0 Å². The standard InChI is InChI=1S/C12H16N2O2.ClH/c13-11-6-2-1-5-10(11)12(15)14-8-9-4-3-7-16-9;/h1-2,5-6,9H,3-4,7-8,13H2,(H,14,15);1H. The van der Waals surface area contributed by atoms with Crippen LogP contribution in [0, 0.1) is 0 Å². The van der Waals surface area contributed by atoms with Gasteiger partial charge in [-0.15, -0.1) is 12.4 Å². The molecule has 0 aromatic heterocycles. The molecule has 2 rings (SSSR count). The summed E-state index contributed by atoms with van der Waals surface area (Å²) in [7, 11) is 0. The van der Waals surface area contributed by atoms with Crippen molar-refractivity contribution in [3.63, 3.8) is 0 Å². The Morgan fingerprint density at radius 1 is 1.47 bits per heavy atom. The highest BCUT2D eigenvalue weighted by Gasteiger charge is 2.17. The first-order valence-corrected chi connectivity index (χ1v) is 5.51. The average molecular weight is 257 g/mol. The van der Waals surface area contributed by atoms with E-state index in [2.05, 4.69) is 5.32 Å². The van der Waals surface area contributed by atoms with E-state index in [0.717, 1.165) is 19.4 Å². The van der Waals surface area contributed by atoms with E-state index in [1.54, 1.807) is 18.2 Å². The van der Waals surface area contributed by atoms with Crippen LogP contribution in [0.3, 0.4) is 0 Å². The number of nitrogens with one attached hydrogen (secondary N) is 1. The van der Waals surface area contributed by atoms with Crippen LogP contribution < -0.4 is 11.1 Å². The number of amides is 1. The van der Waals surface area contributed by atoms with Gasteiger partial charge in [0.25, 0.3) is 5.91 Å². The highest BCUT2D eigenvalue weighted by molar-refractivity contribution is 5.99. The molecule has 0 spiro atoms. The van der Waals surface area contributed by atoms with E-state index < -0.39 is 0 Å². The lowest BCUT2D eigenvalue weighted by atomic mass is 10.1. The number of nitrogen functional groups attached to an aromatic ring is 1. The number of carbonyl (C=O) groups excluding carboxylic acids is 1. The largest absolute Gasteiger partial charge is 0.398 e. The lowest BCUT2D eigenvalue weighted by molar-refractivity contribution is 0.0858. The van der Waals surface area contributed by atoms with Gasteiger partial charge in [-0.25, -0.2) is 0 Å². The zero-order valence-electron chi connectivity index (χ0n) is 9.52. The SMILES string of the molecule is Cl.Nc1ccccc1C(=O)NCC1CCCO1. The molecule has 0 radical (unpaired) electrons. The minimum absolute atomic E-state index is 0. The maximum absolute atomic E-state index is 11.8. The molecule has 1 aliphatic rings. The Morgan fingerprint density at radius 2 is 2.24 bits per heavy atom. The van der Waals surface area contributed by atoms with Gasteiger partial charge >= 0.3 is 0 Å². The predicted octanol–water partition coefficient (Wildman–Crippen LogP) is 1.60. The molecule has 0 bridgehead atoms. The van der Waals surface area contributed by atoms with E-state index in [1.165, 1.54) is 0 Å². The van der Waals surface area contributed by atoms with Gasteiger partial charge in [-0.3, -0.25) is 4.79 Å². The summed E-state index contributed by atoms with van der Waals surface area (Å²) < 4.78 is 5.42. The minimum Gasteiger partial charge on any atom is -0.398 e. The first-order valence-electron chi connectivity index (χ1n) is 5.51. The Bertz CT molecular complexity index is 379. The molecule has 1 amide bonds. The lowest BCUT2D eigenvalue weighted by Crippen LogP contribution is -2.32. The summed E-state index contributed by atoms with van der Waals surface area (Å²) in [6.45, 7) is 1.36. The van der Waals surface area contributed by atoms with Crippen LogP contribution in [-0.4, -0.2) is 25.2 Å². The molecule has 94 valence electrons. The van der Waals surface area contributed by atoms with Crippen molar-refractivity contribution in [3.05, 3.63) is 29.8 Å². The predicted molar refractivity (Wildman–Crippen MR) is 69.4 cm³/mol. The van der Waals surface area contributed by atoms with Crippen LogP contribution in [0.1, 0.15) is 23.2 Å². The van der Waals surface area contributed by atoms with Crippen molar-refractivity contribution in [2.75, 3.05) is 18.9 Å². The Balaban J connectivity index is 0.00000144. The third kappa shape index (κ3) is 3.61. The van der Waals surface area contributed by atoms with Gasteiger partial charge in [-0.1, -0.05) is 12.1 Å². The number of hydrogen-bond acceptors (Lipinski definition) is 3. The van der Waals surface area contributed by atoms with Crippen molar-refractivity contribution in [1.29, 1.82) is 0 Å². The van der Waals surface area contributed by atoms with Crippen molar-refractivity contribution in [2.24, 2.45) is 0 Å². The third-order valence-corrected chi connectivity index (χ3v) is 2.72. The van der Waals surface area contributed by atoms with Gasteiger partial charge in [-0.2, -0.15) is 0 Å². The lowest BCUT2D eigenvalue weighted by Gasteiger charge is -2.11. The zero-order chi connectivity index (χ0) is 11.4. The molecular weight excluding hydrogens is 240 g/mol. The number of benzene rings is 1. The summed E-state index contributed by atoms with van der Waals surface area (Å²) >= 11 is 0. The molecule has 1 heterocycles. The number of rotatable bonds is 3. The molecule has 0 aliphatic carbocycles. The number of nitrogens with two attached hydrogens (primary N) is 1. The fraction of sp³-hybridized carbons (Fsp3) is 0.417. The second-order valence-electron chi connectivity index (χ2n) is 3.93. The number of halogens is 1. The normalized spacial score (nSPS) is 18.5. The van der Waals surface area contributed by atoms with Crippen molar-refractivity contribution in [2.45, 2.75) is 18.9 Å². The summed E-state index contributed by atoms with van der Waals surface area (Å²) in [5.41, 5.74) is 6.75. The molecular formula is C12H17ClN2O2. The third-order valence-electron chi connectivity index (χ3n) is 2.72. The van der Waals surface area contributed by atoms with E-state index in [1.807, 2.05) is 6.07 Å². The fourth-order valence-electron chi connectivity index (χ4n) is 1.81. The minimum atomic E-state index is -0.131. The summed E-state index contributed by atoms with van der Waals surface area (Å²) in [6.07, 6.45) is 2.26. The van der Waals surface area contributed by atoms with E-state index in [-0.39, 0.29) is 24.4 Å². The van der Waals surface area contributed by atoms with Gasteiger partial charge < -0.3 is 15.8 Å². The topological polar surface area (TPSA) is 64.4 Å². The fourth-order valence-corrected chi connectivity index (χ4v) is 1.81. The first kappa shape index (κ1) is 13.8. The van der Waals surface area contributed by atoms with Crippen molar-refractivity contribution in [3.8, 4) is 0 Å². The van der Waals surface area contributed by atoms with Gasteiger partial charge in [-0.05, 0) is 25.0 Å². The van der Waals surface area contributed by atoms with Crippen LogP contribution >= 0.6 is 12.4 Å². The second kappa shape index (κ2) is 6.47. The van der Waals surface area contributed by atoms with Crippen LogP contribution in [0.4, 0.5) is 5.69 Å². The van der Waals surface area contributed by atoms with E-state index in [0.29, 0.717) is 17.8 Å². The number of carbonyl (C=O) groups is 1. The molecule has 17 heavy (non-hydrogen) atoms. The molecule has 1 aromatic carbocycles. The van der Waals surface area contributed by atoms with Crippen LogP contribution in [0.2, 0.25) is 0 Å². The smallest absolute Gasteiger partial charge is 0.253 e. The number of anilines is 1. The number of para-hydroxylation sites is 1. The first-order chi connectivity index (χ1) is 7.77. The van der Waals surface area contributed by atoms with Crippen molar-refractivity contribution < 1.29 is 9.53 Å². The Morgan fingerprint density at radius 3 is 2.88 bits per heavy atom. The molecule has 1 atom stereocenters. The van der Waals surface area contributed by atoms with Crippen LogP contribution in [0.15, 0.2) is 24.3 Å². The Labute approximate surface area is 107 Å².